The number of aryl methyl sites for hydroxylation is 1. The van der Waals surface area contributed by atoms with Crippen molar-refractivity contribution >= 4 is 58.2 Å². The van der Waals surface area contributed by atoms with Gasteiger partial charge in [-0.3, -0.25) is 48.8 Å². The molecule has 18 heteroatoms. The van der Waals surface area contributed by atoms with Crippen molar-refractivity contribution < 1.29 is 29.1 Å². The number of pyridine rings is 3. The van der Waals surface area contributed by atoms with E-state index in [2.05, 4.69) is 55.7 Å². The van der Waals surface area contributed by atoms with Crippen molar-refractivity contribution in [3.8, 4) is 11.1 Å². The lowest BCUT2D eigenvalue weighted by Gasteiger charge is -2.57. The number of fused-ring (bicyclic) bond motifs is 4. The number of piperidine rings is 1. The van der Waals surface area contributed by atoms with Crippen molar-refractivity contribution in [2.45, 2.75) is 103 Å². The van der Waals surface area contributed by atoms with Crippen molar-refractivity contribution in [1.82, 2.24) is 34.2 Å². The Morgan fingerprint density at radius 2 is 1.63 bits per heavy atom. The van der Waals surface area contributed by atoms with Gasteiger partial charge in [0.15, 0.2) is 0 Å². The van der Waals surface area contributed by atoms with Crippen LogP contribution < -0.4 is 30.9 Å². The molecule has 4 fully saturated rings. The van der Waals surface area contributed by atoms with E-state index in [0.717, 1.165) is 81.1 Å². The third-order valence-corrected chi connectivity index (χ3v) is 17.1. The molecule has 1 unspecified atom stereocenters. The minimum atomic E-state index is -0.994. The van der Waals surface area contributed by atoms with Crippen LogP contribution in [-0.2, 0) is 42.6 Å². The lowest BCUT2D eigenvalue weighted by atomic mass is 9.66. The first kappa shape index (κ1) is 46.9. The number of aliphatic hydroxyl groups excluding tert-OH is 1. The van der Waals surface area contributed by atoms with Crippen molar-refractivity contribution in [2.75, 3.05) is 59.3 Å². The zero-order chi connectivity index (χ0) is 50.7. The molecule has 18 nitrogen and oxygen atoms in total. The first-order chi connectivity index (χ1) is 35.1. The molecule has 3 saturated heterocycles. The SMILES string of the molecule is C[C@H]1CN(C2([C@H]3CCN(c4ccc5c(c4)C(=O)N(C4CCC(=O)NC4=O)C5=O)C3)CCC2)CCN1c1ccc(Nc2cc(-c3ccnc(N4CCn5c(cc6c5CC(C)(C)C6)C4=O)c3CO)cn(C)c2=O)nc1. The number of carbonyl (C=O) groups is 5. The van der Waals surface area contributed by atoms with E-state index < -0.39 is 29.7 Å². The molecule has 9 heterocycles. The number of hydrogen-bond donors (Lipinski definition) is 3. The lowest BCUT2D eigenvalue weighted by molar-refractivity contribution is -0.136. The molecular formula is C55H61N11O7. The Bertz CT molecular complexity index is 3210. The van der Waals surface area contributed by atoms with Gasteiger partial charge in [-0.1, -0.05) is 13.8 Å². The van der Waals surface area contributed by atoms with Gasteiger partial charge in [-0.2, -0.15) is 0 Å². The number of piperazine rings is 1. The van der Waals surface area contributed by atoms with Gasteiger partial charge in [0.25, 0.3) is 23.3 Å². The average Bonchev–Trinajstić information content (AvgIpc) is 4.11. The summed E-state index contributed by atoms with van der Waals surface area (Å²) < 4.78 is 3.67. The highest BCUT2D eigenvalue weighted by atomic mass is 16.3. The molecule has 7 aliphatic rings. The molecule has 0 radical (unpaired) electrons. The molecule has 5 aliphatic heterocycles. The van der Waals surface area contributed by atoms with Crippen LogP contribution in [0.25, 0.3) is 11.1 Å². The number of aromatic nitrogens is 4. The number of aliphatic hydroxyl groups is 1. The third kappa shape index (κ3) is 7.74. The van der Waals surface area contributed by atoms with Crippen molar-refractivity contribution in [3.63, 3.8) is 0 Å². The fourth-order valence-electron chi connectivity index (χ4n) is 13.3. The second kappa shape index (κ2) is 17.5. The normalized spacial score (nSPS) is 23.4. The summed E-state index contributed by atoms with van der Waals surface area (Å²) in [5.74, 6) is -0.765. The summed E-state index contributed by atoms with van der Waals surface area (Å²) in [6.07, 6.45) is 11.8. The molecule has 3 N–H and O–H groups in total. The highest BCUT2D eigenvalue weighted by Gasteiger charge is 2.52. The van der Waals surface area contributed by atoms with Crippen LogP contribution in [0.4, 0.5) is 28.7 Å². The van der Waals surface area contributed by atoms with Crippen LogP contribution in [0.2, 0.25) is 0 Å². The summed E-state index contributed by atoms with van der Waals surface area (Å²) in [6.45, 7) is 11.8. The summed E-state index contributed by atoms with van der Waals surface area (Å²) in [6, 6.07) is 14.2. The highest BCUT2D eigenvalue weighted by molar-refractivity contribution is 6.23. The highest BCUT2D eigenvalue weighted by Crippen LogP contribution is 2.49. The summed E-state index contributed by atoms with van der Waals surface area (Å²) in [7, 11) is 1.69. The van der Waals surface area contributed by atoms with Crippen LogP contribution in [0.5, 0.6) is 0 Å². The fraction of sp³-hybridized carbons (Fsp3) is 0.455. The van der Waals surface area contributed by atoms with E-state index in [1.165, 1.54) is 22.2 Å². The Labute approximate surface area is 423 Å². The zero-order valence-electron chi connectivity index (χ0n) is 41.8. The van der Waals surface area contributed by atoms with Gasteiger partial charge < -0.3 is 29.4 Å². The molecule has 2 aliphatic carbocycles. The van der Waals surface area contributed by atoms with Gasteiger partial charge in [0.2, 0.25) is 11.8 Å². The number of amides is 5. The molecule has 378 valence electrons. The van der Waals surface area contributed by atoms with E-state index in [4.69, 9.17) is 4.98 Å². The molecule has 12 rings (SSSR count). The van der Waals surface area contributed by atoms with E-state index in [9.17, 15) is 33.9 Å². The van der Waals surface area contributed by atoms with Crippen molar-refractivity contribution in [3.05, 3.63) is 111 Å². The molecule has 5 amide bonds. The Kier molecular flexibility index (Phi) is 11.2. The standard InChI is InChI=1S/C55H61N11O7/c1-32-28-62(55(14-5-15-55)35-13-17-61(30-35)36-6-8-39-40(24-36)51(71)66(50(39)70)43-9-11-47(68)59-49(43)69)18-19-63(32)37-7-10-46(57-27-37)58-42-22-34(29-60(4)52(42)72)38-12-16-56-48(41(38)31-67)65-21-20-64-44(53(65)73)23-33-25-54(2,3)26-45(33)64/h6-8,10,12,16,22-24,27,29,32,35,43,67H,5,9,11,13-15,17-21,25-26,28,30-31H2,1-4H3,(H,57,58)(H,59,68,69)/t32-,35-,43?/m0/s1. The second-order valence-corrected chi connectivity index (χ2v) is 22.1. The van der Waals surface area contributed by atoms with Gasteiger partial charge in [-0.15, -0.1) is 0 Å². The molecule has 0 bridgehead atoms. The van der Waals surface area contributed by atoms with Crippen LogP contribution in [0.3, 0.4) is 0 Å². The summed E-state index contributed by atoms with van der Waals surface area (Å²) in [5, 5.41) is 16.4. The van der Waals surface area contributed by atoms with E-state index in [-0.39, 0.29) is 47.9 Å². The maximum Gasteiger partial charge on any atom is 0.276 e. The molecule has 1 aromatic carbocycles. The third-order valence-electron chi connectivity index (χ3n) is 17.1. The lowest BCUT2D eigenvalue weighted by Crippen LogP contribution is -2.65. The summed E-state index contributed by atoms with van der Waals surface area (Å²) >= 11 is 0. The first-order valence-corrected chi connectivity index (χ1v) is 25.8. The number of anilines is 5. The van der Waals surface area contributed by atoms with Gasteiger partial charge >= 0.3 is 0 Å². The van der Waals surface area contributed by atoms with Crippen molar-refractivity contribution in [1.29, 1.82) is 0 Å². The fourth-order valence-corrected chi connectivity index (χ4v) is 13.3. The summed E-state index contributed by atoms with van der Waals surface area (Å²) in [5.41, 5.74) is 7.82. The first-order valence-electron chi connectivity index (χ1n) is 25.8. The topological polar surface area (TPSA) is 199 Å². The Hall–Kier alpha value is -7.18. The number of nitrogens with one attached hydrogen (secondary N) is 2. The quantitative estimate of drug-likeness (QED) is 0.158. The van der Waals surface area contributed by atoms with Gasteiger partial charge in [0, 0.05) is 106 Å². The predicted molar refractivity (Wildman–Crippen MR) is 274 cm³/mol. The monoisotopic (exact) mass is 987 g/mol. The van der Waals surface area contributed by atoms with Crippen LogP contribution >= 0.6 is 0 Å². The molecule has 4 aromatic heterocycles. The van der Waals surface area contributed by atoms with Crippen LogP contribution in [0, 0.1) is 11.3 Å². The number of carbonyl (C=O) groups excluding carboxylic acids is 5. The number of imide groups is 2. The minimum absolute atomic E-state index is 0.0801. The average molecular weight is 988 g/mol. The largest absolute Gasteiger partial charge is 0.392 e. The van der Waals surface area contributed by atoms with Gasteiger partial charge in [0.05, 0.1) is 29.6 Å². The van der Waals surface area contributed by atoms with Gasteiger partial charge in [-0.25, -0.2) is 9.97 Å². The predicted octanol–water partition coefficient (Wildman–Crippen LogP) is 5.03. The van der Waals surface area contributed by atoms with E-state index >= 15 is 0 Å². The van der Waals surface area contributed by atoms with E-state index in [0.29, 0.717) is 69.8 Å². The Balaban J connectivity index is 0.702. The maximum atomic E-state index is 14.0. The van der Waals surface area contributed by atoms with Gasteiger partial charge in [-0.05, 0) is 123 Å². The molecule has 0 spiro atoms. The molecule has 73 heavy (non-hydrogen) atoms. The molecular weight excluding hydrogens is 927 g/mol. The number of rotatable bonds is 10. The van der Waals surface area contributed by atoms with Crippen LogP contribution in [0.15, 0.2) is 71.9 Å². The maximum absolute atomic E-state index is 14.0. The van der Waals surface area contributed by atoms with Crippen LogP contribution in [-0.4, -0.2) is 120 Å². The number of nitrogens with zero attached hydrogens (tertiary/aromatic N) is 9. The molecule has 3 atom stereocenters. The summed E-state index contributed by atoms with van der Waals surface area (Å²) in [4.78, 5) is 98.6. The van der Waals surface area contributed by atoms with E-state index in [1.54, 1.807) is 42.5 Å². The van der Waals surface area contributed by atoms with Crippen molar-refractivity contribution in [2.24, 2.45) is 18.4 Å². The Morgan fingerprint density at radius 1 is 0.822 bits per heavy atom. The van der Waals surface area contributed by atoms with Gasteiger partial charge in [0.1, 0.15) is 29.1 Å². The zero-order valence-corrected chi connectivity index (χ0v) is 41.8. The second-order valence-electron chi connectivity index (χ2n) is 22.1. The Morgan fingerprint density at radius 3 is 2.37 bits per heavy atom. The number of hydrogen-bond acceptors (Lipinski definition) is 13. The molecule has 5 aromatic rings. The number of benzene rings is 1. The smallest absolute Gasteiger partial charge is 0.276 e. The van der Waals surface area contributed by atoms with Crippen LogP contribution in [0.1, 0.15) is 107 Å². The van der Waals surface area contributed by atoms with E-state index in [1.807, 2.05) is 36.5 Å². The molecule has 1 saturated carbocycles. The minimum Gasteiger partial charge on any atom is -0.392 e.